The second-order valence-electron chi connectivity index (χ2n) is 5.27. The van der Waals surface area contributed by atoms with Crippen molar-refractivity contribution in [1.82, 2.24) is 14.7 Å². The van der Waals surface area contributed by atoms with Crippen LogP contribution >= 0.6 is 0 Å². The fourth-order valence-corrected chi connectivity index (χ4v) is 2.14. The molecule has 0 radical (unpaired) electrons. The van der Waals surface area contributed by atoms with Crippen LogP contribution in [0.5, 0.6) is 0 Å². The Labute approximate surface area is 114 Å². The molecule has 0 aliphatic heterocycles. The number of aromatic nitrogens is 2. The SMILES string of the molecule is CC(C)N(Cc1cccc(N)c1)Cc1cnn(C)c1. The molecule has 19 heavy (non-hydrogen) atoms. The van der Waals surface area contributed by atoms with Crippen molar-refractivity contribution < 1.29 is 0 Å². The number of benzene rings is 1. The zero-order chi connectivity index (χ0) is 13.8. The summed E-state index contributed by atoms with van der Waals surface area (Å²) in [6.07, 6.45) is 3.99. The van der Waals surface area contributed by atoms with Crippen molar-refractivity contribution in [1.29, 1.82) is 0 Å². The molecule has 0 spiro atoms. The Bertz CT molecular complexity index is 530. The molecule has 102 valence electrons. The zero-order valence-corrected chi connectivity index (χ0v) is 11.9. The fraction of sp³-hybridized carbons (Fsp3) is 0.400. The van der Waals surface area contributed by atoms with Crippen LogP contribution in [-0.4, -0.2) is 20.7 Å². The minimum Gasteiger partial charge on any atom is -0.399 e. The number of nitrogens with zero attached hydrogens (tertiary/aromatic N) is 3. The molecule has 0 saturated heterocycles. The van der Waals surface area contributed by atoms with Gasteiger partial charge in [0, 0.05) is 43.6 Å². The van der Waals surface area contributed by atoms with Gasteiger partial charge in [-0.25, -0.2) is 0 Å². The van der Waals surface area contributed by atoms with E-state index in [-0.39, 0.29) is 0 Å². The maximum absolute atomic E-state index is 5.83. The monoisotopic (exact) mass is 258 g/mol. The molecule has 0 amide bonds. The average molecular weight is 258 g/mol. The highest BCUT2D eigenvalue weighted by atomic mass is 15.2. The van der Waals surface area contributed by atoms with Gasteiger partial charge in [-0.1, -0.05) is 12.1 Å². The number of hydrogen-bond donors (Lipinski definition) is 1. The van der Waals surface area contributed by atoms with Gasteiger partial charge in [-0.2, -0.15) is 5.10 Å². The summed E-state index contributed by atoms with van der Waals surface area (Å²) < 4.78 is 1.84. The van der Waals surface area contributed by atoms with Gasteiger partial charge in [0.2, 0.25) is 0 Å². The Hall–Kier alpha value is -1.81. The maximum atomic E-state index is 5.83. The Kier molecular flexibility index (Phi) is 4.22. The van der Waals surface area contributed by atoms with E-state index in [1.54, 1.807) is 0 Å². The van der Waals surface area contributed by atoms with Gasteiger partial charge < -0.3 is 5.73 Å². The van der Waals surface area contributed by atoms with Crippen LogP contribution in [0.2, 0.25) is 0 Å². The predicted octanol–water partition coefficient (Wildman–Crippen LogP) is 2.41. The van der Waals surface area contributed by atoms with Crippen LogP contribution in [0.25, 0.3) is 0 Å². The molecule has 1 aromatic heterocycles. The molecule has 4 nitrogen and oxygen atoms in total. The van der Waals surface area contributed by atoms with E-state index in [4.69, 9.17) is 5.73 Å². The lowest BCUT2D eigenvalue weighted by molar-refractivity contribution is 0.203. The fourth-order valence-electron chi connectivity index (χ4n) is 2.14. The summed E-state index contributed by atoms with van der Waals surface area (Å²) in [4.78, 5) is 2.41. The number of aryl methyl sites for hydroxylation is 1. The van der Waals surface area contributed by atoms with Gasteiger partial charge in [0.05, 0.1) is 6.20 Å². The van der Waals surface area contributed by atoms with Crippen LogP contribution < -0.4 is 5.73 Å². The summed E-state index contributed by atoms with van der Waals surface area (Å²) in [5, 5.41) is 4.22. The quantitative estimate of drug-likeness (QED) is 0.838. The van der Waals surface area contributed by atoms with Crippen molar-refractivity contribution in [3.05, 3.63) is 47.8 Å². The summed E-state index contributed by atoms with van der Waals surface area (Å²) >= 11 is 0. The molecule has 2 N–H and O–H groups in total. The van der Waals surface area contributed by atoms with Gasteiger partial charge in [-0.15, -0.1) is 0 Å². The molecule has 0 atom stereocenters. The smallest absolute Gasteiger partial charge is 0.0534 e. The van der Waals surface area contributed by atoms with Crippen LogP contribution in [0.4, 0.5) is 5.69 Å². The highest BCUT2D eigenvalue weighted by Gasteiger charge is 2.12. The molecule has 4 heteroatoms. The van der Waals surface area contributed by atoms with Crippen molar-refractivity contribution in [3.63, 3.8) is 0 Å². The molecule has 2 aromatic rings. The predicted molar refractivity (Wildman–Crippen MR) is 78.4 cm³/mol. The van der Waals surface area contributed by atoms with Gasteiger partial charge in [0.1, 0.15) is 0 Å². The van der Waals surface area contributed by atoms with Crippen molar-refractivity contribution >= 4 is 5.69 Å². The summed E-state index contributed by atoms with van der Waals surface area (Å²) in [5.74, 6) is 0. The lowest BCUT2D eigenvalue weighted by atomic mass is 10.1. The largest absolute Gasteiger partial charge is 0.399 e. The standard InChI is InChI=1S/C15H22N4/c1-12(2)19(11-14-8-17-18(3)9-14)10-13-5-4-6-15(16)7-13/h4-9,12H,10-11,16H2,1-3H3. The Morgan fingerprint density at radius 2 is 2.00 bits per heavy atom. The van der Waals surface area contributed by atoms with Crippen LogP contribution in [0.1, 0.15) is 25.0 Å². The summed E-state index contributed by atoms with van der Waals surface area (Å²) in [6.45, 7) is 6.23. The first kappa shape index (κ1) is 13.6. The maximum Gasteiger partial charge on any atom is 0.0534 e. The molecule has 0 saturated carbocycles. The number of rotatable bonds is 5. The van der Waals surface area contributed by atoms with Crippen molar-refractivity contribution in [2.24, 2.45) is 7.05 Å². The van der Waals surface area contributed by atoms with Gasteiger partial charge in [-0.3, -0.25) is 9.58 Å². The van der Waals surface area contributed by atoms with E-state index >= 15 is 0 Å². The first-order valence-corrected chi connectivity index (χ1v) is 6.60. The summed E-state index contributed by atoms with van der Waals surface area (Å²) in [6, 6.07) is 8.56. The van der Waals surface area contributed by atoms with Gasteiger partial charge in [0.25, 0.3) is 0 Å². The number of anilines is 1. The Balaban J connectivity index is 2.08. The highest BCUT2D eigenvalue weighted by Crippen LogP contribution is 2.14. The average Bonchev–Trinajstić information content (AvgIpc) is 2.74. The minimum absolute atomic E-state index is 0.474. The molecule has 0 aliphatic rings. The number of nitrogen functional groups attached to an aromatic ring is 1. The molecular formula is C15H22N4. The van der Waals surface area contributed by atoms with E-state index in [1.807, 2.05) is 36.1 Å². The van der Waals surface area contributed by atoms with E-state index in [2.05, 4.69) is 36.1 Å². The summed E-state index contributed by atoms with van der Waals surface area (Å²) in [5.41, 5.74) is 9.14. The topological polar surface area (TPSA) is 47.1 Å². The second-order valence-corrected chi connectivity index (χ2v) is 5.27. The van der Waals surface area contributed by atoms with Crippen LogP contribution in [-0.2, 0) is 20.1 Å². The highest BCUT2D eigenvalue weighted by molar-refractivity contribution is 5.40. The first-order valence-electron chi connectivity index (χ1n) is 6.60. The Morgan fingerprint density at radius 1 is 1.26 bits per heavy atom. The third kappa shape index (κ3) is 3.83. The van der Waals surface area contributed by atoms with E-state index in [9.17, 15) is 0 Å². The van der Waals surface area contributed by atoms with Crippen LogP contribution in [0.3, 0.4) is 0 Å². The lowest BCUT2D eigenvalue weighted by Crippen LogP contribution is -2.29. The van der Waals surface area contributed by atoms with E-state index < -0.39 is 0 Å². The van der Waals surface area contributed by atoms with Gasteiger partial charge in [-0.05, 0) is 31.5 Å². The molecule has 0 fully saturated rings. The molecule has 1 heterocycles. The molecule has 0 bridgehead atoms. The second kappa shape index (κ2) is 5.89. The van der Waals surface area contributed by atoms with Crippen molar-refractivity contribution in [2.45, 2.75) is 33.0 Å². The van der Waals surface area contributed by atoms with Crippen LogP contribution in [0.15, 0.2) is 36.7 Å². The lowest BCUT2D eigenvalue weighted by Gasteiger charge is -2.26. The van der Waals surface area contributed by atoms with Crippen molar-refractivity contribution in [3.8, 4) is 0 Å². The molecule has 2 rings (SSSR count). The van der Waals surface area contributed by atoms with Crippen LogP contribution in [0, 0.1) is 0 Å². The van der Waals surface area contributed by atoms with E-state index in [0.29, 0.717) is 6.04 Å². The zero-order valence-electron chi connectivity index (χ0n) is 11.9. The molecule has 0 unspecified atom stereocenters. The minimum atomic E-state index is 0.474. The molecule has 1 aromatic carbocycles. The van der Waals surface area contributed by atoms with E-state index in [1.165, 1.54) is 11.1 Å². The molecule has 0 aliphatic carbocycles. The normalized spacial score (nSPS) is 11.4. The Morgan fingerprint density at radius 3 is 2.58 bits per heavy atom. The van der Waals surface area contributed by atoms with Gasteiger partial charge >= 0.3 is 0 Å². The first-order chi connectivity index (χ1) is 9.04. The van der Waals surface area contributed by atoms with Gasteiger partial charge in [0.15, 0.2) is 0 Å². The summed E-state index contributed by atoms with van der Waals surface area (Å²) in [7, 11) is 1.95. The van der Waals surface area contributed by atoms with Crippen molar-refractivity contribution in [2.75, 3.05) is 5.73 Å². The van der Waals surface area contributed by atoms with E-state index in [0.717, 1.165) is 18.8 Å². The number of nitrogens with two attached hydrogens (primary N) is 1. The third-order valence-electron chi connectivity index (χ3n) is 3.21. The number of hydrogen-bond acceptors (Lipinski definition) is 3. The molecular weight excluding hydrogens is 236 g/mol. The third-order valence-corrected chi connectivity index (χ3v) is 3.21.